The number of nitrogens with one attached hydrogen (secondary N) is 2. The average Bonchev–Trinajstić information content (AvgIpc) is 3.65. The van der Waals surface area contributed by atoms with Crippen LogP contribution in [0.3, 0.4) is 0 Å². The van der Waals surface area contributed by atoms with Gasteiger partial charge in [0.15, 0.2) is 0 Å². The van der Waals surface area contributed by atoms with Gasteiger partial charge in [-0.05, 0) is 69.7 Å². The molecule has 5 rings (SSSR count). The number of aromatic amines is 1. The van der Waals surface area contributed by atoms with Crippen LogP contribution in [0, 0.1) is 17.2 Å². The number of carbonyl (C=O) groups excluding carboxylic acids is 2. The molecule has 39 heavy (non-hydrogen) atoms. The van der Waals surface area contributed by atoms with Crippen molar-refractivity contribution in [2.24, 2.45) is 5.92 Å². The predicted octanol–water partition coefficient (Wildman–Crippen LogP) is 2.96. The van der Waals surface area contributed by atoms with Gasteiger partial charge in [0, 0.05) is 30.3 Å². The standard InChI is InChI=1S/C28H31N7O4/c1-28(2,3)39-27(38)35-22-10-6-18(13-22)25(35)26(37)31-20(14-29)12-17-4-8-21(9-5-17)34-16-23(32-33-34)19-7-11-24(36)30-15-19/h4-5,7-9,11,15-16,18,20,22,25H,6,10,12-13H2,1-3H3,(H,30,36)(H,31,37). The summed E-state index contributed by atoms with van der Waals surface area (Å²) in [6.45, 7) is 5.42. The van der Waals surface area contributed by atoms with Gasteiger partial charge in [-0.25, -0.2) is 9.48 Å². The first-order chi connectivity index (χ1) is 18.6. The molecule has 3 aromatic rings. The number of rotatable bonds is 6. The number of H-pyrrole nitrogens is 1. The highest BCUT2D eigenvalue weighted by Crippen LogP contribution is 2.43. The Morgan fingerprint density at radius 2 is 1.97 bits per heavy atom. The van der Waals surface area contributed by atoms with E-state index in [0.717, 1.165) is 36.1 Å². The smallest absolute Gasteiger partial charge is 0.411 e. The fourth-order valence-electron chi connectivity index (χ4n) is 5.40. The number of nitrogens with zero attached hydrogens (tertiary/aromatic N) is 5. The molecule has 1 saturated carbocycles. The first-order valence-electron chi connectivity index (χ1n) is 13.0. The van der Waals surface area contributed by atoms with Crippen molar-refractivity contribution in [1.82, 2.24) is 30.2 Å². The van der Waals surface area contributed by atoms with Crippen molar-refractivity contribution in [2.75, 3.05) is 0 Å². The van der Waals surface area contributed by atoms with Gasteiger partial charge in [0.25, 0.3) is 0 Å². The molecule has 2 bridgehead atoms. The zero-order valence-corrected chi connectivity index (χ0v) is 22.1. The molecule has 2 aromatic heterocycles. The predicted molar refractivity (Wildman–Crippen MR) is 142 cm³/mol. The van der Waals surface area contributed by atoms with Crippen LogP contribution in [-0.2, 0) is 16.0 Å². The Morgan fingerprint density at radius 1 is 1.21 bits per heavy atom. The number of benzene rings is 1. The number of pyridine rings is 1. The Labute approximate surface area is 225 Å². The highest BCUT2D eigenvalue weighted by molar-refractivity contribution is 5.87. The summed E-state index contributed by atoms with van der Waals surface area (Å²) in [6, 6.07) is 11.4. The number of carbonyl (C=O) groups is 2. The van der Waals surface area contributed by atoms with E-state index in [1.54, 1.807) is 48.8 Å². The summed E-state index contributed by atoms with van der Waals surface area (Å²) in [4.78, 5) is 41.7. The lowest BCUT2D eigenvalue weighted by molar-refractivity contribution is -0.128. The number of piperidine rings is 1. The van der Waals surface area contributed by atoms with Crippen molar-refractivity contribution in [3.63, 3.8) is 0 Å². The van der Waals surface area contributed by atoms with E-state index in [-0.39, 0.29) is 23.4 Å². The van der Waals surface area contributed by atoms with Crippen LogP contribution in [0.2, 0.25) is 0 Å². The quantitative estimate of drug-likeness (QED) is 0.499. The van der Waals surface area contributed by atoms with E-state index in [2.05, 4.69) is 26.7 Å². The SMILES string of the molecule is CC(C)(C)OC(=O)N1C2CCC(C2)C1C(=O)NC(C#N)Cc1ccc(-n2cc(-c3ccc(=O)[nH]c3)nn2)cc1. The van der Waals surface area contributed by atoms with Crippen molar-refractivity contribution in [2.45, 2.75) is 70.2 Å². The van der Waals surface area contributed by atoms with E-state index in [0.29, 0.717) is 12.1 Å². The van der Waals surface area contributed by atoms with Crippen LogP contribution in [0.15, 0.2) is 53.6 Å². The molecular weight excluding hydrogens is 498 g/mol. The number of hydrogen-bond donors (Lipinski definition) is 2. The molecule has 2 fully saturated rings. The molecule has 11 nitrogen and oxygen atoms in total. The Hall–Kier alpha value is -4.46. The number of fused-ring (bicyclic) bond motifs is 2. The summed E-state index contributed by atoms with van der Waals surface area (Å²) in [5.41, 5.74) is 2.15. The monoisotopic (exact) mass is 529 g/mol. The number of nitriles is 1. The van der Waals surface area contributed by atoms with Crippen LogP contribution in [0.1, 0.15) is 45.6 Å². The van der Waals surface area contributed by atoms with Crippen LogP contribution >= 0.6 is 0 Å². The summed E-state index contributed by atoms with van der Waals surface area (Å²) >= 11 is 0. The van der Waals surface area contributed by atoms with Crippen molar-refractivity contribution < 1.29 is 14.3 Å². The third-order valence-corrected chi connectivity index (χ3v) is 7.14. The molecule has 1 aliphatic carbocycles. The van der Waals surface area contributed by atoms with Gasteiger partial charge in [0.05, 0.1) is 18.0 Å². The third-order valence-electron chi connectivity index (χ3n) is 7.14. The molecule has 2 N–H and O–H groups in total. The van der Waals surface area contributed by atoms with Gasteiger partial charge in [-0.3, -0.25) is 14.5 Å². The Bertz CT molecular complexity index is 1440. The summed E-state index contributed by atoms with van der Waals surface area (Å²) in [6.07, 6.45) is 5.70. The number of aromatic nitrogens is 4. The van der Waals surface area contributed by atoms with Crippen LogP contribution in [0.5, 0.6) is 0 Å². The fourth-order valence-corrected chi connectivity index (χ4v) is 5.40. The van der Waals surface area contributed by atoms with E-state index in [4.69, 9.17) is 4.74 Å². The third kappa shape index (κ3) is 5.70. The van der Waals surface area contributed by atoms with Crippen LogP contribution < -0.4 is 10.9 Å². The molecule has 2 amide bonds. The van der Waals surface area contributed by atoms with Gasteiger partial charge in [-0.2, -0.15) is 5.26 Å². The molecule has 4 unspecified atom stereocenters. The first kappa shape index (κ1) is 26.2. The van der Waals surface area contributed by atoms with E-state index >= 15 is 0 Å². The van der Waals surface area contributed by atoms with Crippen LogP contribution in [0.4, 0.5) is 4.79 Å². The maximum atomic E-state index is 13.3. The minimum atomic E-state index is -0.749. The molecule has 0 spiro atoms. The minimum Gasteiger partial charge on any atom is -0.444 e. The largest absolute Gasteiger partial charge is 0.444 e. The second-order valence-electron chi connectivity index (χ2n) is 11.1. The molecule has 1 aromatic carbocycles. The van der Waals surface area contributed by atoms with E-state index in [9.17, 15) is 19.6 Å². The van der Waals surface area contributed by atoms with Crippen LogP contribution in [-0.4, -0.2) is 60.6 Å². The Morgan fingerprint density at radius 3 is 2.64 bits per heavy atom. The summed E-state index contributed by atoms with van der Waals surface area (Å²) < 4.78 is 7.20. The van der Waals surface area contributed by atoms with Crippen molar-refractivity contribution in [1.29, 1.82) is 5.26 Å². The second-order valence-corrected chi connectivity index (χ2v) is 11.1. The highest BCUT2D eigenvalue weighted by Gasteiger charge is 2.52. The minimum absolute atomic E-state index is 0.00448. The van der Waals surface area contributed by atoms with E-state index in [1.807, 2.05) is 24.3 Å². The van der Waals surface area contributed by atoms with Crippen molar-refractivity contribution in [3.05, 3.63) is 64.7 Å². The zero-order chi connectivity index (χ0) is 27.7. The maximum absolute atomic E-state index is 13.3. The Balaban J connectivity index is 1.23. The number of likely N-dealkylation sites (tertiary alicyclic amines) is 1. The van der Waals surface area contributed by atoms with Gasteiger partial charge in [0.2, 0.25) is 11.5 Å². The fraction of sp³-hybridized carbons (Fsp3) is 0.429. The second kappa shape index (κ2) is 10.4. The first-order valence-corrected chi connectivity index (χ1v) is 13.0. The normalized spacial score (nSPS) is 20.9. The van der Waals surface area contributed by atoms with E-state index < -0.39 is 23.8 Å². The Kier molecular flexibility index (Phi) is 6.95. The lowest BCUT2D eigenvalue weighted by Crippen LogP contribution is -2.55. The van der Waals surface area contributed by atoms with Crippen molar-refractivity contribution in [3.8, 4) is 23.0 Å². The molecule has 4 atom stereocenters. The lowest BCUT2D eigenvalue weighted by atomic mass is 9.97. The number of amides is 2. The van der Waals surface area contributed by atoms with E-state index in [1.165, 1.54) is 6.07 Å². The number of ether oxygens (including phenoxy) is 1. The van der Waals surface area contributed by atoms with Gasteiger partial charge in [-0.15, -0.1) is 5.10 Å². The molecule has 3 heterocycles. The summed E-state index contributed by atoms with van der Waals surface area (Å²) in [7, 11) is 0. The molecule has 1 saturated heterocycles. The van der Waals surface area contributed by atoms with Crippen LogP contribution in [0.25, 0.3) is 16.9 Å². The molecular formula is C28H31N7O4. The van der Waals surface area contributed by atoms with Gasteiger partial charge in [0.1, 0.15) is 23.4 Å². The topological polar surface area (TPSA) is 146 Å². The lowest BCUT2D eigenvalue weighted by Gasteiger charge is -2.35. The van der Waals surface area contributed by atoms with Gasteiger partial charge >= 0.3 is 6.09 Å². The molecule has 1 aliphatic heterocycles. The zero-order valence-electron chi connectivity index (χ0n) is 22.1. The summed E-state index contributed by atoms with van der Waals surface area (Å²) in [5, 5.41) is 21.0. The molecule has 2 aliphatic rings. The van der Waals surface area contributed by atoms with Crippen molar-refractivity contribution >= 4 is 12.0 Å². The summed E-state index contributed by atoms with van der Waals surface area (Å²) in [5.74, 6) is -0.238. The average molecular weight is 530 g/mol. The number of hydrogen-bond acceptors (Lipinski definition) is 7. The molecule has 11 heteroatoms. The highest BCUT2D eigenvalue weighted by atomic mass is 16.6. The van der Waals surface area contributed by atoms with Gasteiger partial charge in [-0.1, -0.05) is 17.3 Å². The maximum Gasteiger partial charge on any atom is 0.411 e. The molecule has 0 radical (unpaired) electrons. The molecule has 202 valence electrons. The van der Waals surface area contributed by atoms with Gasteiger partial charge < -0.3 is 15.0 Å².